The van der Waals surface area contributed by atoms with Crippen LogP contribution >= 0.6 is 0 Å². The van der Waals surface area contributed by atoms with E-state index in [0.29, 0.717) is 29.4 Å². The lowest BCUT2D eigenvalue weighted by Gasteiger charge is -2.07. The number of nitrogens with one attached hydrogen (secondary N) is 1. The average molecular weight is 330 g/mol. The molecule has 1 aromatic carbocycles. The van der Waals surface area contributed by atoms with Crippen LogP contribution in [0.4, 0.5) is 5.69 Å². The zero-order chi connectivity index (χ0) is 17.5. The lowest BCUT2D eigenvalue weighted by molar-refractivity contribution is 0.0945. The molecule has 0 fully saturated rings. The third-order valence-electron chi connectivity index (χ3n) is 3.43. The summed E-state index contributed by atoms with van der Waals surface area (Å²) in [5.41, 5.74) is 1.78. The van der Waals surface area contributed by atoms with Crippen LogP contribution in [0.1, 0.15) is 29.4 Å². The highest BCUT2D eigenvalue weighted by Crippen LogP contribution is 2.27. The van der Waals surface area contributed by atoms with Gasteiger partial charge >= 0.3 is 0 Å². The van der Waals surface area contributed by atoms with Gasteiger partial charge in [-0.25, -0.2) is 0 Å². The van der Waals surface area contributed by atoms with Gasteiger partial charge in [-0.3, -0.25) is 14.5 Å². The second-order valence-corrected chi connectivity index (χ2v) is 5.13. The number of aromatic nitrogens is 2. The fraction of sp³-hybridized carbons (Fsp3) is 0.353. The second-order valence-electron chi connectivity index (χ2n) is 5.13. The van der Waals surface area contributed by atoms with Crippen molar-refractivity contribution in [3.8, 4) is 11.5 Å². The zero-order valence-corrected chi connectivity index (χ0v) is 14.4. The Labute approximate surface area is 141 Å². The molecular weight excluding hydrogens is 308 g/mol. The van der Waals surface area contributed by atoms with E-state index in [1.807, 2.05) is 19.1 Å². The number of carbonyl (C=O) groups excluding carboxylic acids is 1. The molecule has 7 nitrogen and oxygen atoms in total. The number of hydrogen-bond donors (Lipinski definition) is 1. The molecule has 0 saturated heterocycles. The standard InChI is InChI=1S/C17H22N4O3/c1-5-8-18-17(22)16-13(11-20-21(16)2)19-10-12-6-7-14(23-3)15(9-12)24-4/h6-7,9-11H,5,8H2,1-4H3,(H,18,22). The van der Waals surface area contributed by atoms with Crippen molar-refractivity contribution in [3.63, 3.8) is 0 Å². The number of benzene rings is 1. The number of nitrogens with zero attached hydrogens (tertiary/aromatic N) is 3. The first-order chi connectivity index (χ1) is 11.6. The molecule has 0 saturated carbocycles. The maximum absolute atomic E-state index is 12.2. The summed E-state index contributed by atoms with van der Waals surface area (Å²) < 4.78 is 12.0. The van der Waals surface area contributed by atoms with Crippen LogP contribution in [-0.2, 0) is 7.05 Å². The number of aliphatic imine (C=N–C) groups is 1. The lowest BCUT2D eigenvalue weighted by Crippen LogP contribution is -2.26. The van der Waals surface area contributed by atoms with E-state index in [2.05, 4.69) is 15.4 Å². The highest BCUT2D eigenvalue weighted by molar-refractivity contribution is 5.98. The van der Waals surface area contributed by atoms with Gasteiger partial charge in [0.25, 0.3) is 5.91 Å². The predicted octanol–water partition coefficient (Wildman–Crippen LogP) is 2.33. The van der Waals surface area contributed by atoms with Crippen molar-refractivity contribution < 1.29 is 14.3 Å². The molecule has 0 unspecified atom stereocenters. The van der Waals surface area contributed by atoms with E-state index >= 15 is 0 Å². The minimum Gasteiger partial charge on any atom is -0.493 e. The Balaban J connectivity index is 2.25. The van der Waals surface area contributed by atoms with Crippen molar-refractivity contribution in [2.75, 3.05) is 20.8 Å². The summed E-state index contributed by atoms with van der Waals surface area (Å²) in [4.78, 5) is 16.6. The fourth-order valence-electron chi connectivity index (χ4n) is 2.18. The summed E-state index contributed by atoms with van der Waals surface area (Å²) in [5.74, 6) is 1.08. The number of amides is 1. The van der Waals surface area contributed by atoms with Crippen molar-refractivity contribution >= 4 is 17.8 Å². The van der Waals surface area contributed by atoms with Gasteiger partial charge in [-0.1, -0.05) is 6.92 Å². The number of hydrogen-bond acceptors (Lipinski definition) is 5. The van der Waals surface area contributed by atoms with E-state index in [1.165, 1.54) is 4.68 Å². The van der Waals surface area contributed by atoms with Crippen LogP contribution in [0.15, 0.2) is 29.4 Å². The van der Waals surface area contributed by atoms with Crippen LogP contribution in [0.25, 0.3) is 0 Å². The molecule has 128 valence electrons. The summed E-state index contributed by atoms with van der Waals surface area (Å²) in [6.07, 6.45) is 4.10. The molecule has 1 aromatic heterocycles. The molecule has 0 bridgehead atoms. The summed E-state index contributed by atoms with van der Waals surface area (Å²) >= 11 is 0. The quantitative estimate of drug-likeness (QED) is 0.790. The normalized spacial score (nSPS) is 10.8. The minimum absolute atomic E-state index is 0.184. The van der Waals surface area contributed by atoms with Gasteiger partial charge in [0.15, 0.2) is 17.2 Å². The van der Waals surface area contributed by atoms with Gasteiger partial charge in [-0.2, -0.15) is 5.10 Å². The van der Waals surface area contributed by atoms with Crippen LogP contribution in [0.5, 0.6) is 11.5 Å². The molecule has 1 heterocycles. The summed E-state index contributed by atoms with van der Waals surface area (Å²) in [6.45, 7) is 2.61. The van der Waals surface area contributed by atoms with Crippen molar-refractivity contribution in [1.82, 2.24) is 15.1 Å². The van der Waals surface area contributed by atoms with Gasteiger partial charge < -0.3 is 14.8 Å². The maximum atomic E-state index is 12.2. The van der Waals surface area contributed by atoms with Crippen LogP contribution in [0.3, 0.4) is 0 Å². The van der Waals surface area contributed by atoms with Crippen molar-refractivity contribution in [2.24, 2.45) is 12.0 Å². The highest BCUT2D eigenvalue weighted by Gasteiger charge is 2.15. The topological polar surface area (TPSA) is 77.7 Å². The van der Waals surface area contributed by atoms with E-state index in [-0.39, 0.29) is 5.91 Å². The molecule has 0 spiro atoms. The molecule has 24 heavy (non-hydrogen) atoms. The van der Waals surface area contributed by atoms with Crippen molar-refractivity contribution in [2.45, 2.75) is 13.3 Å². The molecule has 2 aromatic rings. The Morgan fingerprint density at radius 1 is 1.33 bits per heavy atom. The molecule has 7 heteroatoms. The van der Waals surface area contributed by atoms with E-state index < -0.39 is 0 Å². The zero-order valence-electron chi connectivity index (χ0n) is 14.4. The number of rotatable bonds is 7. The second kappa shape index (κ2) is 8.14. The smallest absolute Gasteiger partial charge is 0.271 e. The maximum Gasteiger partial charge on any atom is 0.271 e. The number of carbonyl (C=O) groups is 1. The minimum atomic E-state index is -0.184. The summed E-state index contributed by atoms with van der Waals surface area (Å²) in [6, 6.07) is 5.48. The molecule has 1 amide bonds. The van der Waals surface area contributed by atoms with Crippen LogP contribution < -0.4 is 14.8 Å². The molecule has 0 atom stereocenters. The van der Waals surface area contributed by atoms with Crippen LogP contribution in [0.2, 0.25) is 0 Å². The predicted molar refractivity (Wildman–Crippen MR) is 92.6 cm³/mol. The molecule has 0 aliphatic carbocycles. The molecular formula is C17H22N4O3. The first-order valence-corrected chi connectivity index (χ1v) is 7.67. The number of ether oxygens (including phenoxy) is 2. The van der Waals surface area contributed by atoms with Gasteiger partial charge in [0, 0.05) is 19.8 Å². The van der Waals surface area contributed by atoms with Crippen LogP contribution in [-0.4, -0.2) is 42.7 Å². The first kappa shape index (κ1) is 17.5. The van der Waals surface area contributed by atoms with E-state index in [0.717, 1.165) is 12.0 Å². The van der Waals surface area contributed by atoms with E-state index in [1.54, 1.807) is 39.7 Å². The van der Waals surface area contributed by atoms with E-state index in [9.17, 15) is 4.79 Å². The third kappa shape index (κ3) is 3.92. The first-order valence-electron chi connectivity index (χ1n) is 7.67. The van der Waals surface area contributed by atoms with Crippen molar-refractivity contribution in [1.29, 1.82) is 0 Å². The van der Waals surface area contributed by atoms with Gasteiger partial charge in [-0.15, -0.1) is 0 Å². The molecule has 0 aliphatic rings. The molecule has 1 N–H and O–H groups in total. The number of methoxy groups -OCH3 is 2. The van der Waals surface area contributed by atoms with Gasteiger partial charge in [0.05, 0.1) is 20.4 Å². The monoisotopic (exact) mass is 330 g/mol. The van der Waals surface area contributed by atoms with Gasteiger partial charge in [0.2, 0.25) is 0 Å². The summed E-state index contributed by atoms with van der Waals surface area (Å²) in [5, 5.41) is 6.95. The highest BCUT2D eigenvalue weighted by atomic mass is 16.5. The third-order valence-corrected chi connectivity index (χ3v) is 3.43. The molecule has 0 radical (unpaired) electrons. The SMILES string of the molecule is CCCNC(=O)c1c(N=Cc2ccc(OC)c(OC)c2)cnn1C. The molecule has 2 rings (SSSR count). The molecule has 0 aliphatic heterocycles. The summed E-state index contributed by atoms with van der Waals surface area (Å²) in [7, 11) is 4.88. The average Bonchev–Trinajstić information content (AvgIpc) is 2.98. The Bertz CT molecular complexity index is 737. The Morgan fingerprint density at radius 2 is 2.08 bits per heavy atom. The Morgan fingerprint density at radius 3 is 2.75 bits per heavy atom. The van der Waals surface area contributed by atoms with E-state index in [4.69, 9.17) is 9.47 Å². The van der Waals surface area contributed by atoms with Crippen molar-refractivity contribution in [3.05, 3.63) is 35.7 Å². The lowest BCUT2D eigenvalue weighted by atomic mass is 10.2. The number of aryl methyl sites for hydroxylation is 1. The Kier molecular flexibility index (Phi) is 5.95. The van der Waals surface area contributed by atoms with Crippen LogP contribution in [0, 0.1) is 0 Å². The largest absolute Gasteiger partial charge is 0.493 e. The van der Waals surface area contributed by atoms with Gasteiger partial charge in [-0.05, 0) is 30.2 Å². The Hall–Kier alpha value is -2.83. The fourth-order valence-corrected chi connectivity index (χ4v) is 2.18. The van der Waals surface area contributed by atoms with Gasteiger partial charge in [0.1, 0.15) is 5.69 Å².